The summed E-state index contributed by atoms with van der Waals surface area (Å²) >= 11 is 6.34. The second-order valence-electron chi connectivity index (χ2n) is 12.9. The molecule has 4 nitrogen and oxygen atoms in total. The Morgan fingerprint density at radius 1 is 1.10 bits per heavy atom. The van der Waals surface area contributed by atoms with Gasteiger partial charge in [0.15, 0.2) is 5.78 Å². The molecule has 0 bridgehead atoms. The minimum atomic E-state index is -0.638. The number of pyridine rings is 1. The quantitative estimate of drug-likeness (QED) is 0.285. The number of Topliss-reactive ketones (excluding diaryl/α,β-unsaturated/α-hetero) is 2. The van der Waals surface area contributed by atoms with E-state index in [1.807, 2.05) is 45.9 Å². The van der Waals surface area contributed by atoms with Crippen LogP contribution in [0.3, 0.4) is 0 Å². The Morgan fingerprint density at radius 3 is 2.46 bits per heavy atom. The molecule has 0 aliphatic heterocycles. The van der Waals surface area contributed by atoms with Crippen molar-refractivity contribution < 1.29 is 14.0 Å². The summed E-state index contributed by atoms with van der Waals surface area (Å²) < 4.78 is 15.5. The van der Waals surface area contributed by atoms with Crippen LogP contribution < -0.4 is 5.32 Å². The van der Waals surface area contributed by atoms with Crippen molar-refractivity contribution in [2.45, 2.75) is 92.5 Å². The van der Waals surface area contributed by atoms with Crippen molar-refractivity contribution in [3.8, 4) is 0 Å². The highest BCUT2D eigenvalue weighted by Crippen LogP contribution is 2.37. The van der Waals surface area contributed by atoms with Gasteiger partial charge in [-0.2, -0.15) is 0 Å². The Hall–Kier alpha value is -2.79. The third kappa shape index (κ3) is 6.87. The van der Waals surface area contributed by atoms with Gasteiger partial charge in [-0.25, -0.2) is 4.39 Å². The largest absolute Gasteiger partial charge is 0.382 e. The van der Waals surface area contributed by atoms with Gasteiger partial charge in [-0.1, -0.05) is 70.5 Å². The third-order valence-corrected chi connectivity index (χ3v) is 8.32. The summed E-state index contributed by atoms with van der Waals surface area (Å²) in [6, 6.07) is 11.4. The minimum Gasteiger partial charge on any atom is -0.382 e. The average Bonchev–Trinajstić information content (AvgIpc) is 2.84. The van der Waals surface area contributed by atoms with E-state index in [2.05, 4.69) is 25.2 Å². The van der Waals surface area contributed by atoms with Gasteiger partial charge in [0.25, 0.3) is 0 Å². The summed E-state index contributed by atoms with van der Waals surface area (Å²) in [7, 11) is 0. The lowest BCUT2D eigenvalue weighted by atomic mass is 9.75. The lowest BCUT2D eigenvalue weighted by Crippen LogP contribution is -2.30. The molecular weight excluding hydrogens is 511 g/mol. The van der Waals surface area contributed by atoms with E-state index < -0.39 is 17.0 Å². The van der Waals surface area contributed by atoms with Crippen molar-refractivity contribution in [1.29, 1.82) is 0 Å². The lowest BCUT2D eigenvalue weighted by Gasteiger charge is -2.35. The summed E-state index contributed by atoms with van der Waals surface area (Å²) in [5.41, 5.74) is 3.45. The van der Waals surface area contributed by atoms with Crippen LogP contribution in [0.15, 0.2) is 36.4 Å². The number of carbonyl (C=O) groups is 2. The van der Waals surface area contributed by atoms with Crippen LogP contribution in [-0.4, -0.2) is 22.6 Å². The van der Waals surface area contributed by atoms with Crippen LogP contribution in [0.4, 0.5) is 10.1 Å². The van der Waals surface area contributed by atoms with Gasteiger partial charge >= 0.3 is 0 Å². The summed E-state index contributed by atoms with van der Waals surface area (Å²) in [6.45, 7) is 12.1. The van der Waals surface area contributed by atoms with Crippen molar-refractivity contribution >= 4 is 39.8 Å². The predicted molar refractivity (Wildman–Crippen MR) is 158 cm³/mol. The molecule has 39 heavy (non-hydrogen) atoms. The molecule has 4 rings (SSSR count). The molecule has 1 fully saturated rings. The van der Waals surface area contributed by atoms with Gasteiger partial charge in [-0.15, -0.1) is 0 Å². The summed E-state index contributed by atoms with van der Waals surface area (Å²) in [5, 5.41) is 4.77. The van der Waals surface area contributed by atoms with E-state index in [0.717, 1.165) is 40.7 Å². The van der Waals surface area contributed by atoms with Gasteiger partial charge in [0.1, 0.15) is 11.6 Å². The molecule has 1 aliphatic rings. The van der Waals surface area contributed by atoms with Crippen LogP contribution in [0.1, 0.15) is 93.9 Å². The fraction of sp³-hybridized carbons (Fsp3) is 0.485. The normalized spacial score (nSPS) is 15.9. The smallest absolute Gasteiger partial charge is 0.171 e. The maximum Gasteiger partial charge on any atom is 0.171 e. The highest BCUT2D eigenvalue weighted by atomic mass is 35.5. The molecule has 0 unspecified atom stereocenters. The maximum atomic E-state index is 15.5. The summed E-state index contributed by atoms with van der Waals surface area (Å²) in [4.78, 5) is 30.6. The zero-order chi connectivity index (χ0) is 28.5. The van der Waals surface area contributed by atoms with Crippen molar-refractivity contribution in [3.05, 3.63) is 69.6 Å². The van der Waals surface area contributed by atoms with Crippen molar-refractivity contribution in [1.82, 2.24) is 4.98 Å². The van der Waals surface area contributed by atoms with Crippen molar-refractivity contribution in [3.63, 3.8) is 0 Å². The van der Waals surface area contributed by atoms with Gasteiger partial charge in [0.05, 0.1) is 16.1 Å². The van der Waals surface area contributed by atoms with E-state index in [0.29, 0.717) is 17.0 Å². The van der Waals surface area contributed by atoms with Crippen molar-refractivity contribution in [2.24, 2.45) is 10.8 Å². The fourth-order valence-corrected chi connectivity index (χ4v) is 5.64. The van der Waals surface area contributed by atoms with E-state index in [1.54, 1.807) is 12.1 Å². The second kappa shape index (κ2) is 11.4. The number of hydrogen-bond acceptors (Lipinski definition) is 4. The number of aryl methyl sites for hydroxylation is 2. The Balaban J connectivity index is 1.59. The molecule has 1 aliphatic carbocycles. The lowest BCUT2D eigenvalue weighted by molar-refractivity contribution is -0.126. The molecule has 0 radical (unpaired) electrons. The first kappa shape index (κ1) is 29.2. The molecule has 2 aromatic carbocycles. The monoisotopic (exact) mass is 550 g/mol. The van der Waals surface area contributed by atoms with Gasteiger partial charge in [0, 0.05) is 41.1 Å². The van der Waals surface area contributed by atoms with Crippen LogP contribution in [0.25, 0.3) is 10.9 Å². The molecule has 1 aromatic heterocycles. The number of halogens is 2. The number of aromatic nitrogens is 1. The van der Waals surface area contributed by atoms with Crippen LogP contribution in [-0.2, 0) is 17.6 Å². The Kier molecular flexibility index (Phi) is 8.51. The average molecular weight is 551 g/mol. The molecule has 0 saturated heterocycles. The van der Waals surface area contributed by atoms with E-state index in [-0.39, 0.29) is 35.6 Å². The number of para-hydroxylation sites is 1. The zero-order valence-corrected chi connectivity index (χ0v) is 24.8. The van der Waals surface area contributed by atoms with E-state index in [9.17, 15) is 9.59 Å². The number of nitrogens with one attached hydrogen (secondary N) is 1. The number of hydrogen-bond donors (Lipinski definition) is 1. The number of carbonyl (C=O) groups excluding carboxylic acids is 2. The standard InChI is InChI=1S/C33H40ClFN2O2/c1-20-18-26(37-23-14-16-33(5,6)17-15-23)24-9-7-8-22(31(24)36-20)19-27(38)29-25(34)12-10-21(30(29)35)11-13-28(39)32(2,3)4/h7-10,12,18,23H,11,13-17,19H2,1-6H3,(H,36,37). The Morgan fingerprint density at radius 2 is 1.79 bits per heavy atom. The SMILES string of the molecule is Cc1cc(NC2CCC(C)(C)CC2)c2cccc(CC(=O)c3c(Cl)ccc(CCC(=O)C(C)(C)C)c3F)c2n1. The molecule has 0 spiro atoms. The van der Waals surface area contributed by atoms with Gasteiger partial charge in [-0.3, -0.25) is 14.6 Å². The van der Waals surface area contributed by atoms with Gasteiger partial charge in [0.2, 0.25) is 0 Å². The highest BCUT2D eigenvalue weighted by Gasteiger charge is 2.28. The van der Waals surface area contributed by atoms with Crippen LogP contribution >= 0.6 is 11.6 Å². The Bertz CT molecular complexity index is 1400. The van der Waals surface area contributed by atoms with E-state index in [4.69, 9.17) is 16.6 Å². The van der Waals surface area contributed by atoms with Crippen LogP contribution in [0.2, 0.25) is 5.02 Å². The maximum absolute atomic E-state index is 15.5. The van der Waals surface area contributed by atoms with Crippen LogP contribution in [0, 0.1) is 23.6 Å². The minimum absolute atomic E-state index is 0.0220. The first-order valence-corrected chi connectivity index (χ1v) is 14.3. The zero-order valence-electron chi connectivity index (χ0n) is 24.0. The van der Waals surface area contributed by atoms with Crippen LogP contribution in [0.5, 0.6) is 0 Å². The van der Waals surface area contributed by atoms with Gasteiger partial charge < -0.3 is 5.32 Å². The fourth-order valence-electron chi connectivity index (χ4n) is 5.39. The second-order valence-corrected chi connectivity index (χ2v) is 13.3. The molecule has 1 saturated carbocycles. The predicted octanol–water partition coefficient (Wildman–Crippen LogP) is 8.69. The number of ketones is 2. The topological polar surface area (TPSA) is 59.1 Å². The van der Waals surface area contributed by atoms with Gasteiger partial charge in [-0.05, 0) is 67.7 Å². The number of fused-ring (bicyclic) bond motifs is 1. The molecule has 1 heterocycles. The third-order valence-electron chi connectivity index (χ3n) is 8.01. The molecule has 0 atom stereocenters. The molecule has 1 N–H and O–H groups in total. The molecule has 208 valence electrons. The molecular formula is C33H40ClFN2O2. The number of anilines is 1. The number of benzene rings is 2. The van der Waals surface area contributed by atoms with E-state index in [1.165, 1.54) is 12.8 Å². The first-order valence-electron chi connectivity index (χ1n) is 13.9. The van der Waals surface area contributed by atoms with Crippen molar-refractivity contribution in [2.75, 3.05) is 5.32 Å². The molecule has 0 amide bonds. The van der Waals surface area contributed by atoms with E-state index >= 15 is 4.39 Å². The summed E-state index contributed by atoms with van der Waals surface area (Å²) in [6.07, 6.45) is 5.00. The summed E-state index contributed by atoms with van der Waals surface area (Å²) in [5.74, 6) is -0.995. The molecule has 6 heteroatoms. The first-order chi connectivity index (χ1) is 18.2. The number of nitrogens with zero attached hydrogens (tertiary/aromatic N) is 1. The number of rotatable bonds is 8. The highest BCUT2D eigenvalue weighted by molar-refractivity contribution is 6.34. The Labute approximate surface area is 236 Å². The molecule has 3 aromatic rings.